The minimum atomic E-state index is 0.0231. The Hall–Kier alpha value is -0.830. The van der Waals surface area contributed by atoms with Crippen molar-refractivity contribution in [2.45, 2.75) is 13.5 Å². The first-order chi connectivity index (χ1) is 3.84. The number of nitrogens with zero attached hydrogens (tertiary/aromatic N) is 1. The Morgan fingerprint density at radius 2 is 2.62 bits per heavy atom. The third-order valence-electron chi connectivity index (χ3n) is 1.08. The monoisotopic (exact) mass is 114 g/mol. The first-order valence-electron chi connectivity index (χ1n) is 2.44. The normalized spacial score (nSPS) is 9.75. The Kier molecular flexibility index (Phi) is 1.30. The van der Waals surface area contributed by atoms with Gasteiger partial charge in [0.2, 0.25) is 0 Å². The van der Waals surface area contributed by atoms with E-state index in [9.17, 15) is 0 Å². The summed E-state index contributed by atoms with van der Waals surface area (Å²) in [5.74, 6) is 0. The Bertz CT molecular complexity index is 171. The van der Waals surface area contributed by atoms with Gasteiger partial charge in [0.1, 0.15) is 0 Å². The molecule has 0 amide bonds. The van der Waals surface area contributed by atoms with Gasteiger partial charge in [-0.3, -0.25) is 0 Å². The van der Waals surface area contributed by atoms with E-state index in [-0.39, 0.29) is 6.61 Å². The molecular formula is C5H8N2O. The number of aromatic nitrogens is 2. The van der Waals surface area contributed by atoms with Gasteiger partial charge in [0.05, 0.1) is 18.6 Å². The maximum absolute atomic E-state index is 8.52. The standard InChI is InChI=1S/C5H8N2O/c1-4-5(2-8)7-3-6-4/h3,8H,2H2,1H3,(H,6,7)/i2+2. The van der Waals surface area contributed by atoms with Crippen LogP contribution in [-0.2, 0) is 6.61 Å². The summed E-state index contributed by atoms with van der Waals surface area (Å²) in [5, 5.41) is 8.52. The van der Waals surface area contributed by atoms with Crippen molar-refractivity contribution in [3.8, 4) is 0 Å². The topological polar surface area (TPSA) is 48.9 Å². The highest BCUT2D eigenvalue weighted by Crippen LogP contribution is 1.97. The Balaban J connectivity index is 2.92. The van der Waals surface area contributed by atoms with E-state index in [0.29, 0.717) is 0 Å². The largest absolute Gasteiger partial charge is 0.390 e. The molecule has 0 aliphatic carbocycles. The second-order valence-electron chi connectivity index (χ2n) is 1.63. The maximum Gasteiger partial charge on any atom is 0.0926 e. The highest BCUT2D eigenvalue weighted by Gasteiger charge is 1.94. The lowest BCUT2D eigenvalue weighted by molar-refractivity contribution is 0.276. The Morgan fingerprint density at radius 3 is 2.88 bits per heavy atom. The summed E-state index contributed by atoms with van der Waals surface area (Å²) in [6.07, 6.45) is 1.57. The van der Waals surface area contributed by atoms with Crippen molar-refractivity contribution in [3.05, 3.63) is 17.7 Å². The number of aryl methyl sites for hydroxylation is 1. The summed E-state index contributed by atoms with van der Waals surface area (Å²) in [4.78, 5) is 6.68. The molecule has 1 rings (SSSR count). The first-order valence-corrected chi connectivity index (χ1v) is 2.44. The molecule has 0 bridgehead atoms. The van der Waals surface area contributed by atoms with Crippen LogP contribution in [0.25, 0.3) is 0 Å². The average molecular weight is 114 g/mol. The molecule has 0 atom stereocenters. The van der Waals surface area contributed by atoms with Gasteiger partial charge in [0.25, 0.3) is 0 Å². The smallest absolute Gasteiger partial charge is 0.0926 e. The van der Waals surface area contributed by atoms with E-state index in [1.54, 1.807) is 6.33 Å². The SMILES string of the molecule is Cc1[nH]cnc1[14CH2]O. The fourth-order valence-electron chi connectivity index (χ4n) is 0.547. The van der Waals surface area contributed by atoms with Crippen molar-refractivity contribution in [1.82, 2.24) is 9.97 Å². The number of nitrogens with one attached hydrogen (secondary N) is 1. The van der Waals surface area contributed by atoms with Crippen molar-refractivity contribution in [1.29, 1.82) is 0 Å². The zero-order valence-electron chi connectivity index (χ0n) is 4.68. The Morgan fingerprint density at radius 1 is 1.88 bits per heavy atom. The third kappa shape index (κ3) is 0.721. The van der Waals surface area contributed by atoms with Gasteiger partial charge < -0.3 is 10.1 Å². The molecule has 0 aliphatic rings. The van der Waals surface area contributed by atoms with Gasteiger partial charge >= 0.3 is 0 Å². The fraction of sp³-hybridized carbons (Fsp3) is 0.400. The minimum Gasteiger partial charge on any atom is -0.390 e. The Labute approximate surface area is 47.4 Å². The number of aliphatic hydroxyl groups excluding tert-OH is 1. The van der Waals surface area contributed by atoms with Crippen LogP contribution in [0.3, 0.4) is 0 Å². The molecule has 3 nitrogen and oxygen atoms in total. The average Bonchev–Trinajstić information content (AvgIpc) is 2.14. The lowest BCUT2D eigenvalue weighted by Crippen LogP contribution is -1.84. The zero-order chi connectivity index (χ0) is 5.98. The summed E-state index contributed by atoms with van der Waals surface area (Å²) < 4.78 is 0. The van der Waals surface area contributed by atoms with Crippen molar-refractivity contribution in [3.63, 3.8) is 0 Å². The van der Waals surface area contributed by atoms with E-state index in [4.69, 9.17) is 5.11 Å². The maximum atomic E-state index is 8.52. The predicted octanol–water partition coefficient (Wildman–Crippen LogP) is 0.210. The van der Waals surface area contributed by atoms with Crippen LogP contribution in [0.4, 0.5) is 0 Å². The summed E-state index contributed by atoms with van der Waals surface area (Å²) in [7, 11) is 0. The van der Waals surface area contributed by atoms with E-state index < -0.39 is 0 Å². The van der Waals surface area contributed by atoms with Gasteiger partial charge in [-0.05, 0) is 6.92 Å². The summed E-state index contributed by atoms with van der Waals surface area (Å²) in [5.41, 5.74) is 1.66. The number of hydrogen-bond acceptors (Lipinski definition) is 2. The number of hydrogen-bond donors (Lipinski definition) is 2. The van der Waals surface area contributed by atoms with Crippen LogP contribution in [0.15, 0.2) is 6.33 Å². The highest BCUT2D eigenvalue weighted by molar-refractivity contribution is 5.06. The van der Waals surface area contributed by atoms with Crippen LogP contribution < -0.4 is 0 Å². The van der Waals surface area contributed by atoms with Gasteiger partial charge in [0, 0.05) is 5.69 Å². The van der Waals surface area contributed by atoms with Gasteiger partial charge in [-0.15, -0.1) is 0 Å². The van der Waals surface area contributed by atoms with E-state index in [1.165, 1.54) is 0 Å². The molecule has 1 heterocycles. The molecule has 0 spiro atoms. The van der Waals surface area contributed by atoms with Crippen LogP contribution in [0.1, 0.15) is 11.4 Å². The minimum absolute atomic E-state index is 0.0231. The fourth-order valence-corrected chi connectivity index (χ4v) is 0.547. The highest BCUT2D eigenvalue weighted by atomic mass is 16.5. The number of imidazole rings is 1. The van der Waals surface area contributed by atoms with E-state index >= 15 is 0 Å². The van der Waals surface area contributed by atoms with Crippen molar-refractivity contribution in [2.24, 2.45) is 0 Å². The summed E-state index contributed by atoms with van der Waals surface area (Å²) in [6, 6.07) is 0. The molecule has 8 heavy (non-hydrogen) atoms. The third-order valence-corrected chi connectivity index (χ3v) is 1.08. The van der Waals surface area contributed by atoms with Gasteiger partial charge in [-0.2, -0.15) is 0 Å². The predicted molar refractivity (Wildman–Crippen MR) is 29.2 cm³/mol. The molecule has 2 N–H and O–H groups in total. The molecular weight excluding hydrogens is 106 g/mol. The number of aromatic amines is 1. The van der Waals surface area contributed by atoms with E-state index in [0.717, 1.165) is 11.4 Å². The molecule has 0 fully saturated rings. The van der Waals surface area contributed by atoms with Gasteiger partial charge in [-0.1, -0.05) is 0 Å². The van der Waals surface area contributed by atoms with E-state index in [2.05, 4.69) is 9.97 Å². The van der Waals surface area contributed by atoms with Crippen LogP contribution in [0.5, 0.6) is 0 Å². The molecule has 44 valence electrons. The van der Waals surface area contributed by atoms with Crippen molar-refractivity contribution >= 4 is 0 Å². The molecule has 0 unspecified atom stereocenters. The molecule has 1 aromatic rings. The van der Waals surface area contributed by atoms with Crippen LogP contribution in [0, 0.1) is 6.92 Å². The number of H-pyrrole nitrogens is 1. The van der Waals surface area contributed by atoms with Crippen molar-refractivity contribution < 1.29 is 5.11 Å². The lowest BCUT2D eigenvalue weighted by atomic mass is 10.5. The second-order valence-corrected chi connectivity index (χ2v) is 1.63. The first kappa shape index (κ1) is 5.31. The molecule has 0 aliphatic heterocycles. The summed E-state index contributed by atoms with van der Waals surface area (Å²) in [6.45, 7) is 1.90. The quantitative estimate of drug-likeness (QED) is 0.548. The number of rotatable bonds is 1. The molecule has 0 saturated heterocycles. The summed E-state index contributed by atoms with van der Waals surface area (Å²) >= 11 is 0. The lowest BCUT2D eigenvalue weighted by Gasteiger charge is -1.85. The zero-order valence-corrected chi connectivity index (χ0v) is 4.68. The second kappa shape index (κ2) is 1.96. The molecule has 0 saturated carbocycles. The van der Waals surface area contributed by atoms with Crippen LogP contribution in [0.2, 0.25) is 0 Å². The molecule has 0 aromatic carbocycles. The van der Waals surface area contributed by atoms with Gasteiger partial charge in [0.15, 0.2) is 0 Å². The number of aliphatic hydroxyl groups is 1. The molecule has 3 heteroatoms. The molecule has 0 radical (unpaired) electrons. The van der Waals surface area contributed by atoms with Crippen molar-refractivity contribution in [2.75, 3.05) is 0 Å². The van der Waals surface area contributed by atoms with Gasteiger partial charge in [-0.25, -0.2) is 4.98 Å². The van der Waals surface area contributed by atoms with Crippen LogP contribution in [-0.4, -0.2) is 15.1 Å². The van der Waals surface area contributed by atoms with E-state index in [1.807, 2.05) is 6.92 Å². The molecule has 1 aromatic heterocycles. The van der Waals surface area contributed by atoms with Crippen LogP contribution >= 0.6 is 0 Å².